The van der Waals surface area contributed by atoms with Crippen molar-refractivity contribution in [3.05, 3.63) is 29.8 Å². The predicted molar refractivity (Wildman–Crippen MR) is 80.2 cm³/mol. The lowest BCUT2D eigenvalue weighted by atomic mass is 10.2. The molecule has 1 aliphatic rings. The fourth-order valence-corrected chi connectivity index (χ4v) is 4.14. The molecule has 0 bridgehead atoms. The van der Waals surface area contributed by atoms with E-state index in [1.807, 2.05) is 40.0 Å². The van der Waals surface area contributed by atoms with Crippen LogP contribution in [0.1, 0.15) is 32.8 Å². The summed E-state index contributed by atoms with van der Waals surface area (Å²) in [7, 11) is -1.18. The molecule has 0 aromatic heterocycles. The Morgan fingerprint density at radius 3 is 2.11 bits per heavy atom. The standard InChI is InChI=1S/C13H19NO2S.C2H6/c1-10-4-6-12(7-5-10)17(15,16)13-8-11(2)14(3)9-13;1-2/h4-7,11,13H,8-9H2,1-3H3;1-2H3/t11-,13-;/m1./s1. The van der Waals surface area contributed by atoms with Crippen LogP contribution in [0.3, 0.4) is 0 Å². The Balaban J connectivity index is 0.000000861. The normalized spacial score (nSPS) is 23.8. The summed E-state index contributed by atoms with van der Waals surface area (Å²) in [6.45, 7) is 8.67. The van der Waals surface area contributed by atoms with E-state index in [-0.39, 0.29) is 5.25 Å². The van der Waals surface area contributed by atoms with Crippen molar-refractivity contribution in [2.45, 2.75) is 50.3 Å². The van der Waals surface area contributed by atoms with E-state index < -0.39 is 9.84 Å². The van der Waals surface area contributed by atoms with Crippen molar-refractivity contribution in [2.75, 3.05) is 13.6 Å². The second kappa shape index (κ2) is 6.53. The molecule has 1 aliphatic heterocycles. The van der Waals surface area contributed by atoms with Gasteiger partial charge in [-0.2, -0.15) is 0 Å². The molecule has 0 radical (unpaired) electrons. The lowest BCUT2D eigenvalue weighted by Gasteiger charge is -2.13. The monoisotopic (exact) mass is 283 g/mol. The second-order valence-electron chi connectivity index (χ2n) is 5.00. The van der Waals surface area contributed by atoms with Crippen LogP contribution in [0.4, 0.5) is 0 Å². The van der Waals surface area contributed by atoms with Gasteiger partial charge in [-0.25, -0.2) is 8.42 Å². The third-order valence-corrected chi connectivity index (χ3v) is 5.78. The maximum atomic E-state index is 12.4. The number of rotatable bonds is 2. The van der Waals surface area contributed by atoms with Crippen molar-refractivity contribution >= 4 is 9.84 Å². The Kier molecular flexibility index (Phi) is 5.56. The van der Waals surface area contributed by atoms with Gasteiger partial charge in [0.05, 0.1) is 10.1 Å². The molecule has 0 N–H and O–H groups in total. The molecule has 0 amide bonds. The highest BCUT2D eigenvalue weighted by Crippen LogP contribution is 2.26. The average Bonchev–Trinajstić information content (AvgIpc) is 2.73. The van der Waals surface area contributed by atoms with Crippen LogP contribution in [0.2, 0.25) is 0 Å². The summed E-state index contributed by atoms with van der Waals surface area (Å²) in [5.74, 6) is 0. The SMILES string of the molecule is CC.Cc1ccc(S(=O)(=O)[C@@H]2C[C@@H](C)N(C)C2)cc1. The predicted octanol–water partition coefficient (Wildman–Crippen LogP) is 2.89. The Labute approximate surface area is 117 Å². The van der Waals surface area contributed by atoms with E-state index in [1.54, 1.807) is 12.1 Å². The number of hydrogen-bond acceptors (Lipinski definition) is 3. The van der Waals surface area contributed by atoms with Gasteiger partial charge in [0.2, 0.25) is 0 Å². The van der Waals surface area contributed by atoms with Crippen LogP contribution in [0.5, 0.6) is 0 Å². The van der Waals surface area contributed by atoms with Crippen molar-refractivity contribution < 1.29 is 8.42 Å². The van der Waals surface area contributed by atoms with E-state index in [1.165, 1.54) is 0 Å². The first-order chi connectivity index (χ1) is 8.91. The van der Waals surface area contributed by atoms with Crippen molar-refractivity contribution in [1.29, 1.82) is 0 Å². The molecule has 0 unspecified atom stereocenters. The van der Waals surface area contributed by atoms with Gasteiger partial charge in [0.1, 0.15) is 0 Å². The minimum absolute atomic E-state index is 0.259. The van der Waals surface area contributed by atoms with Gasteiger partial charge in [-0.05, 0) is 39.4 Å². The molecule has 1 fully saturated rings. The summed E-state index contributed by atoms with van der Waals surface area (Å²) in [6, 6.07) is 7.49. The zero-order valence-corrected chi connectivity index (χ0v) is 13.4. The van der Waals surface area contributed by atoms with Crippen LogP contribution in [-0.4, -0.2) is 38.2 Å². The van der Waals surface area contributed by atoms with Crippen LogP contribution < -0.4 is 0 Å². The Bertz CT molecular complexity index is 483. The Morgan fingerprint density at radius 2 is 1.68 bits per heavy atom. The van der Waals surface area contributed by atoms with E-state index in [0.717, 1.165) is 12.0 Å². The minimum Gasteiger partial charge on any atom is -0.302 e. The van der Waals surface area contributed by atoms with E-state index in [2.05, 4.69) is 11.8 Å². The van der Waals surface area contributed by atoms with E-state index in [4.69, 9.17) is 0 Å². The zero-order chi connectivity index (χ0) is 14.6. The molecule has 1 saturated heterocycles. The van der Waals surface area contributed by atoms with Gasteiger partial charge < -0.3 is 4.90 Å². The van der Waals surface area contributed by atoms with E-state index in [0.29, 0.717) is 17.5 Å². The summed E-state index contributed by atoms with van der Waals surface area (Å²) >= 11 is 0. The van der Waals surface area contributed by atoms with Crippen molar-refractivity contribution in [3.8, 4) is 0 Å². The molecule has 0 aliphatic carbocycles. The topological polar surface area (TPSA) is 37.4 Å². The molecule has 0 spiro atoms. The molecule has 2 atom stereocenters. The third-order valence-electron chi connectivity index (χ3n) is 3.64. The molecule has 3 nitrogen and oxygen atoms in total. The van der Waals surface area contributed by atoms with Crippen LogP contribution in [0.25, 0.3) is 0 Å². The first kappa shape index (κ1) is 16.2. The van der Waals surface area contributed by atoms with Crippen molar-refractivity contribution in [1.82, 2.24) is 4.90 Å². The van der Waals surface area contributed by atoms with Crippen LogP contribution in [-0.2, 0) is 9.84 Å². The molecular weight excluding hydrogens is 258 g/mol. The van der Waals surface area contributed by atoms with Gasteiger partial charge in [0, 0.05) is 12.6 Å². The largest absolute Gasteiger partial charge is 0.302 e. The van der Waals surface area contributed by atoms with Gasteiger partial charge >= 0.3 is 0 Å². The first-order valence-corrected chi connectivity index (χ1v) is 8.46. The van der Waals surface area contributed by atoms with Crippen molar-refractivity contribution in [2.24, 2.45) is 0 Å². The molecule has 2 rings (SSSR count). The minimum atomic E-state index is -3.16. The molecule has 1 heterocycles. The maximum Gasteiger partial charge on any atom is 0.182 e. The zero-order valence-electron chi connectivity index (χ0n) is 12.6. The highest BCUT2D eigenvalue weighted by atomic mass is 32.2. The number of benzene rings is 1. The molecule has 1 aromatic carbocycles. The summed E-state index contributed by atoms with van der Waals surface area (Å²) < 4.78 is 24.8. The lowest BCUT2D eigenvalue weighted by Crippen LogP contribution is -2.25. The summed E-state index contributed by atoms with van der Waals surface area (Å²) in [5, 5.41) is -0.259. The summed E-state index contributed by atoms with van der Waals surface area (Å²) in [6.07, 6.45) is 0.729. The fourth-order valence-electron chi connectivity index (χ4n) is 2.28. The van der Waals surface area contributed by atoms with E-state index >= 15 is 0 Å². The van der Waals surface area contributed by atoms with E-state index in [9.17, 15) is 8.42 Å². The van der Waals surface area contributed by atoms with Gasteiger partial charge in [-0.15, -0.1) is 0 Å². The average molecular weight is 283 g/mol. The molecular formula is C15H25NO2S. The molecule has 0 saturated carbocycles. The van der Waals surface area contributed by atoms with Crippen LogP contribution in [0.15, 0.2) is 29.2 Å². The summed E-state index contributed by atoms with van der Waals surface area (Å²) in [5.41, 5.74) is 1.08. The number of hydrogen-bond donors (Lipinski definition) is 0. The Morgan fingerprint density at radius 1 is 1.16 bits per heavy atom. The number of nitrogens with zero attached hydrogens (tertiary/aromatic N) is 1. The highest BCUT2D eigenvalue weighted by Gasteiger charge is 2.36. The molecule has 1 aromatic rings. The summed E-state index contributed by atoms with van der Waals surface area (Å²) in [4.78, 5) is 2.56. The molecule has 4 heteroatoms. The van der Waals surface area contributed by atoms with Gasteiger partial charge in [-0.1, -0.05) is 31.5 Å². The third kappa shape index (κ3) is 3.57. The quantitative estimate of drug-likeness (QED) is 0.837. The molecule has 108 valence electrons. The highest BCUT2D eigenvalue weighted by molar-refractivity contribution is 7.92. The molecule has 19 heavy (non-hydrogen) atoms. The van der Waals surface area contributed by atoms with Crippen molar-refractivity contribution in [3.63, 3.8) is 0 Å². The maximum absolute atomic E-state index is 12.4. The second-order valence-corrected chi connectivity index (χ2v) is 7.23. The number of aryl methyl sites for hydroxylation is 1. The van der Waals surface area contributed by atoms with Gasteiger partial charge in [-0.3, -0.25) is 0 Å². The fraction of sp³-hybridized carbons (Fsp3) is 0.600. The smallest absolute Gasteiger partial charge is 0.182 e. The Hall–Kier alpha value is -0.870. The number of likely N-dealkylation sites (tertiary alicyclic amines) is 1. The van der Waals surface area contributed by atoms with Crippen LogP contribution in [0, 0.1) is 6.92 Å². The van der Waals surface area contributed by atoms with Gasteiger partial charge in [0.25, 0.3) is 0 Å². The van der Waals surface area contributed by atoms with Gasteiger partial charge in [0.15, 0.2) is 9.84 Å². The lowest BCUT2D eigenvalue weighted by molar-refractivity contribution is 0.331. The number of sulfone groups is 1. The van der Waals surface area contributed by atoms with Crippen LogP contribution >= 0.6 is 0 Å². The first-order valence-electron chi connectivity index (χ1n) is 6.92.